The van der Waals surface area contributed by atoms with Gasteiger partial charge in [0.15, 0.2) is 0 Å². The van der Waals surface area contributed by atoms with Crippen molar-refractivity contribution in [2.75, 3.05) is 0 Å². The first-order valence-electron chi connectivity index (χ1n) is 5.86. The van der Waals surface area contributed by atoms with E-state index in [-0.39, 0.29) is 23.1 Å². The first-order chi connectivity index (χ1) is 7.50. The summed E-state index contributed by atoms with van der Waals surface area (Å²) in [6.45, 7) is 4.34. The maximum atomic E-state index is 11.8. The SMILES string of the molecule is CC1(C)CCC(O)CC1n1ccccc1=O. The van der Waals surface area contributed by atoms with E-state index in [0.717, 1.165) is 12.8 Å². The van der Waals surface area contributed by atoms with E-state index < -0.39 is 0 Å². The molecule has 1 aliphatic carbocycles. The zero-order chi connectivity index (χ0) is 11.8. The van der Waals surface area contributed by atoms with Gasteiger partial charge in [0, 0.05) is 18.3 Å². The Morgan fingerprint density at radius 3 is 2.88 bits per heavy atom. The predicted molar refractivity (Wildman–Crippen MR) is 63.4 cm³/mol. The van der Waals surface area contributed by atoms with E-state index in [2.05, 4.69) is 13.8 Å². The van der Waals surface area contributed by atoms with Crippen LogP contribution in [-0.2, 0) is 0 Å². The second kappa shape index (κ2) is 4.06. The Balaban J connectivity index is 2.38. The number of pyridine rings is 1. The topological polar surface area (TPSA) is 42.2 Å². The zero-order valence-corrected chi connectivity index (χ0v) is 9.89. The third-order valence-corrected chi connectivity index (χ3v) is 3.71. The van der Waals surface area contributed by atoms with Crippen molar-refractivity contribution >= 4 is 0 Å². The number of hydrogen-bond acceptors (Lipinski definition) is 2. The number of hydrogen-bond donors (Lipinski definition) is 1. The van der Waals surface area contributed by atoms with Crippen molar-refractivity contribution in [2.24, 2.45) is 5.41 Å². The molecule has 0 saturated heterocycles. The summed E-state index contributed by atoms with van der Waals surface area (Å²) in [4.78, 5) is 11.8. The standard InChI is InChI=1S/C13H19NO2/c1-13(2)7-6-10(15)9-11(13)14-8-4-3-5-12(14)16/h3-5,8,10-11,15H,6-7,9H2,1-2H3. The normalized spacial score (nSPS) is 28.9. The molecule has 0 aliphatic heterocycles. The third kappa shape index (κ3) is 2.05. The predicted octanol–water partition coefficient (Wildman–Crippen LogP) is 1.96. The largest absolute Gasteiger partial charge is 0.393 e. The molecule has 3 heteroatoms. The molecule has 0 radical (unpaired) electrons. The highest BCUT2D eigenvalue weighted by Gasteiger charge is 2.37. The van der Waals surface area contributed by atoms with Crippen LogP contribution >= 0.6 is 0 Å². The lowest BCUT2D eigenvalue weighted by atomic mass is 9.72. The van der Waals surface area contributed by atoms with E-state index in [9.17, 15) is 9.90 Å². The number of aromatic nitrogens is 1. The lowest BCUT2D eigenvalue weighted by Crippen LogP contribution is -2.39. The van der Waals surface area contributed by atoms with Gasteiger partial charge < -0.3 is 9.67 Å². The fourth-order valence-corrected chi connectivity index (χ4v) is 2.59. The number of aliphatic hydroxyl groups is 1. The molecule has 0 bridgehead atoms. The lowest BCUT2D eigenvalue weighted by Gasteiger charge is -2.41. The van der Waals surface area contributed by atoms with Crippen LogP contribution in [0.2, 0.25) is 0 Å². The van der Waals surface area contributed by atoms with Gasteiger partial charge in [0.05, 0.1) is 6.10 Å². The van der Waals surface area contributed by atoms with Crippen LogP contribution in [0.3, 0.4) is 0 Å². The molecule has 1 aromatic heterocycles. The summed E-state index contributed by atoms with van der Waals surface area (Å²) in [6, 6.07) is 5.31. The summed E-state index contributed by atoms with van der Waals surface area (Å²) in [5, 5.41) is 9.75. The quantitative estimate of drug-likeness (QED) is 0.787. The van der Waals surface area contributed by atoms with Crippen LogP contribution < -0.4 is 5.56 Å². The summed E-state index contributed by atoms with van der Waals surface area (Å²) in [5.74, 6) is 0. The van der Waals surface area contributed by atoms with E-state index in [1.54, 1.807) is 16.7 Å². The minimum absolute atomic E-state index is 0.0228. The summed E-state index contributed by atoms with van der Waals surface area (Å²) < 4.78 is 1.77. The van der Waals surface area contributed by atoms with E-state index in [4.69, 9.17) is 0 Å². The molecule has 1 heterocycles. The van der Waals surface area contributed by atoms with Gasteiger partial charge in [0.2, 0.25) is 0 Å². The molecular formula is C13H19NO2. The van der Waals surface area contributed by atoms with Gasteiger partial charge >= 0.3 is 0 Å². The van der Waals surface area contributed by atoms with Gasteiger partial charge in [-0.2, -0.15) is 0 Å². The fraction of sp³-hybridized carbons (Fsp3) is 0.615. The Morgan fingerprint density at radius 2 is 2.19 bits per heavy atom. The summed E-state index contributed by atoms with van der Waals surface area (Å²) >= 11 is 0. The van der Waals surface area contributed by atoms with Crippen LogP contribution in [0.1, 0.15) is 39.2 Å². The minimum Gasteiger partial charge on any atom is -0.393 e. The molecule has 3 nitrogen and oxygen atoms in total. The van der Waals surface area contributed by atoms with Crippen molar-refractivity contribution in [3.8, 4) is 0 Å². The minimum atomic E-state index is -0.273. The van der Waals surface area contributed by atoms with Crippen molar-refractivity contribution in [1.29, 1.82) is 0 Å². The van der Waals surface area contributed by atoms with Crippen molar-refractivity contribution < 1.29 is 5.11 Å². The molecule has 2 rings (SSSR count). The summed E-state index contributed by atoms with van der Waals surface area (Å²) in [7, 11) is 0. The monoisotopic (exact) mass is 221 g/mol. The lowest BCUT2D eigenvalue weighted by molar-refractivity contribution is 0.0329. The molecule has 0 aromatic carbocycles. The van der Waals surface area contributed by atoms with Crippen molar-refractivity contribution in [2.45, 2.75) is 45.3 Å². The average Bonchev–Trinajstić information content (AvgIpc) is 2.23. The smallest absolute Gasteiger partial charge is 0.250 e. The Hall–Kier alpha value is -1.09. The van der Waals surface area contributed by atoms with E-state index in [1.807, 2.05) is 12.3 Å². The van der Waals surface area contributed by atoms with Crippen LogP contribution in [0.4, 0.5) is 0 Å². The van der Waals surface area contributed by atoms with E-state index >= 15 is 0 Å². The van der Waals surface area contributed by atoms with Gasteiger partial charge in [-0.25, -0.2) is 0 Å². The molecule has 0 spiro atoms. The molecule has 1 aliphatic rings. The maximum Gasteiger partial charge on any atom is 0.250 e. The van der Waals surface area contributed by atoms with Crippen LogP contribution in [0, 0.1) is 5.41 Å². The highest BCUT2D eigenvalue weighted by Crippen LogP contribution is 2.43. The molecule has 2 unspecified atom stereocenters. The van der Waals surface area contributed by atoms with E-state index in [1.165, 1.54) is 0 Å². The number of nitrogens with zero attached hydrogens (tertiary/aromatic N) is 1. The Labute approximate surface area is 95.7 Å². The van der Waals surface area contributed by atoms with Crippen molar-refractivity contribution in [3.05, 3.63) is 34.7 Å². The van der Waals surface area contributed by atoms with E-state index in [0.29, 0.717) is 6.42 Å². The van der Waals surface area contributed by atoms with Crippen LogP contribution in [0.5, 0.6) is 0 Å². The Morgan fingerprint density at radius 1 is 1.44 bits per heavy atom. The molecule has 88 valence electrons. The summed E-state index contributed by atoms with van der Waals surface area (Å²) in [5.41, 5.74) is 0.0967. The van der Waals surface area contributed by atoms with Crippen LogP contribution in [0.15, 0.2) is 29.2 Å². The van der Waals surface area contributed by atoms with Gasteiger partial charge in [-0.1, -0.05) is 19.9 Å². The molecule has 1 N–H and O–H groups in total. The molecule has 1 fully saturated rings. The van der Waals surface area contributed by atoms with Crippen molar-refractivity contribution in [3.63, 3.8) is 0 Å². The van der Waals surface area contributed by atoms with Gasteiger partial charge in [-0.15, -0.1) is 0 Å². The maximum absolute atomic E-state index is 11.8. The highest BCUT2D eigenvalue weighted by molar-refractivity contribution is 4.99. The third-order valence-electron chi connectivity index (χ3n) is 3.71. The number of aliphatic hydroxyl groups excluding tert-OH is 1. The van der Waals surface area contributed by atoms with Gasteiger partial charge in [0.1, 0.15) is 0 Å². The Bertz CT molecular complexity index is 422. The number of rotatable bonds is 1. The first-order valence-corrected chi connectivity index (χ1v) is 5.86. The molecule has 1 saturated carbocycles. The van der Waals surface area contributed by atoms with Crippen LogP contribution in [-0.4, -0.2) is 15.8 Å². The van der Waals surface area contributed by atoms with Gasteiger partial charge in [0.25, 0.3) is 5.56 Å². The highest BCUT2D eigenvalue weighted by atomic mass is 16.3. The van der Waals surface area contributed by atoms with Gasteiger partial charge in [-0.3, -0.25) is 4.79 Å². The second-order valence-electron chi connectivity index (χ2n) is 5.38. The van der Waals surface area contributed by atoms with Gasteiger partial charge in [-0.05, 0) is 30.7 Å². The second-order valence-corrected chi connectivity index (χ2v) is 5.38. The average molecular weight is 221 g/mol. The first kappa shape index (κ1) is 11.4. The zero-order valence-electron chi connectivity index (χ0n) is 9.89. The molecule has 0 amide bonds. The molecule has 1 aromatic rings. The van der Waals surface area contributed by atoms with Crippen molar-refractivity contribution in [1.82, 2.24) is 4.57 Å². The summed E-state index contributed by atoms with van der Waals surface area (Å²) in [6.07, 6.45) is 4.03. The molecule has 2 atom stereocenters. The molecule has 16 heavy (non-hydrogen) atoms. The van der Waals surface area contributed by atoms with Crippen LogP contribution in [0.25, 0.3) is 0 Å². The Kier molecular flexibility index (Phi) is 2.89. The fourth-order valence-electron chi connectivity index (χ4n) is 2.59. The molecular weight excluding hydrogens is 202 g/mol.